The van der Waals surface area contributed by atoms with Crippen molar-refractivity contribution in [2.45, 2.75) is 13.5 Å². The largest absolute Gasteiger partial charge is 0.487 e. The number of aromatic nitrogens is 1. The Labute approximate surface area is 118 Å². The molecule has 0 unspecified atom stereocenters. The molecule has 100 valence electrons. The van der Waals surface area contributed by atoms with Gasteiger partial charge in [0.15, 0.2) is 5.76 Å². The molecule has 0 aromatic carbocycles. The fraction of sp³-hybridized carbons (Fsp3) is 0.167. The lowest BCUT2D eigenvalue weighted by Crippen LogP contribution is -2.29. The zero-order chi connectivity index (χ0) is 13.8. The number of ether oxygens (including phenoxy) is 1. The van der Waals surface area contributed by atoms with Crippen LogP contribution in [0.25, 0.3) is 0 Å². The van der Waals surface area contributed by atoms with E-state index in [-0.39, 0.29) is 12.4 Å². The Bertz CT molecular complexity index is 598. The van der Waals surface area contributed by atoms with Crippen LogP contribution in [-0.4, -0.2) is 10.9 Å². The number of carbonyl (C=O) groups is 1. The molecule has 0 radical (unpaired) electrons. The first-order chi connectivity index (χ1) is 9.10. The third-order valence-corrected chi connectivity index (χ3v) is 2.88. The van der Waals surface area contributed by atoms with E-state index in [4.69, 9.17) is 15.0 Å². The van der Waals surface area contributed by atoms with Crippen LogP contribution >= 0.6 is 15.9 Å². The maximum Gasteiger partial charge on any atom is 0.300 e. The van der Waals surface area contributed by atoms with Gasteiger partial charge in [-0.15, -0.1) is 0 Å². The fourth-order valence-corrected chi connectivity index (χ4v) is 1.82. The summed E-state index contributed by atoms with van der Waals surface area (Å²) >= 11 is 3.31. The lowest BCUT2D eigenvalue weighted by Gasteiger charge is -2.04. The molecular weight excluding hydrogens is 314 g/mol. The molecule has 0 saturated carbocycles. The molecule has 19 heavy (non-hydrogen) atoms. The van der Waals surface area contributed by atoms with Gasteiger partial charge in [0.2, 0.25) is 0 Å². The molecule has 0 saturated heterocycles. The lowest BCUT2D eigenvalue weighted by molar-refractivity contribution is 0.0924. The highest BCUT2D eigenvalue weighted by molar-refractivity contribution is 9.10. The molecule has 3 N–H and O–H groups in total. The molecule has 0 fully saturated rings. The van der Waals surface area contributed by atoms with E-state index in [0.29, 0.717) is 11.5 Å². The topological polar surface area (TPSA) is 90.4 Å². The summed E-state index contributed by atoms with van der Waals surface area (Å²) < 4.78 is 11.7. The van der Waals surface area contributed by atoms with E-state index in [1.807, 2.05) is 5.43 Å². The average Bonchev–Trinajstić information content (AvgIpc) is 2.77. The Morgan fingerprint density at radius 3 is 3.00 bits per heavy atom. The molecule has 7 heteroatoms. The van der Waals surface area contributed by atoms with E-state index in [2.05, 4.69) is 20.9 Å². The van der Waals surface area contributed by atoms with E-state index >= 15 is 0 Å². The van der Waals surface area contributed by atoms with Crippen molar-refractivity contribution in [1.29, 1.82) is 0 Å². The Hall–Kier alpha value is -1.86. The van der Waals surface area contributed by atoms with Gasteiger partial charge in [-0.2, -0.15) is 0 Å². The highest BCUT2D eigenvalue weighted by atomic mass is 79.9. The van der Waals surface area contributed by atoms with Crippen molar-refractivity contribution < 1.29 is 13.9 Å². The van der Waals surface area contributed by atoms with Crippen molar-refractivity contribution in [3.63, 3.8) is 0 Å². The Balaban J connectivity index is 2.07. The third-order valence-electron chi connectivity index (χ3n) is 2.45. The molecule has 6 nitrogen and oxygen atoms in total. The quantitative estimate of drug-likeness (QED) is 0.509. The van der Waals surface area contributed by atoms with E-state index in [9.17, 15) is 4.79 Å². The van der Waals surface area contributed by atoms with Gasteiger partial charge in [0, 0.05) is 16.2 Å². The van der Waals surface area contributed by atoms with E-state index in [1.165, 1.54) is 0 Å². The first kappa shape index (κ1) is 13.6. The number of hydrazine groups is 1. The Morgan fingerprint density at radius 1 is 1.53 bits per heavy atom. The van der Waals surface area contributed by atoms with Gasteiger partial charge in [-0.05, 0) is 35.0 Å². The minimum atomic E-state index is -0.474. The van der Waals surface area contributed by atoms with Crippen LogP contribution in [0.3, 0.4) is 0 Å². The van der Waals surface area contributed by atoms with Gasteiger partial charge < -0.3 is 9.15 Å². The molecule has 1 amide bonds. The molecule has 0 bridgehead atoms. The summed E-state index contributed by atoms with van der Waals surface area (Å²) in [7, 11) is 0. The van der Waals surface area contributed by atoms with Crippen molar-refractivity contribution in [2.75, 3.05) is 0 Å². The number of nitrogen functional groups attached to an aromatic ring is 1. The maximum atomic E-state index is 11.3. The number of nitrogens with two attached hydrogens (primary N) is 1. The standard InChI is InChI=1S/C12H12BrN3O3/c1-7-8(2-11(19-7)12(17)16-14)6-18-10-3-9(13)4-15-5-10/h2-5H,6,14H2,1H3,(H,16,17). The molecule has 0 aliphatic rings. The highest BCUT2D eigenvalue weighted by Gasteiger charge is 2.13. The zero-order valence-electron chi connectivity index (χ0n) is 10.1. The van der Waals surface area contributed by atoms with Gasteiger partial charge in [-0.25, -0.2) is 5.84 Å². The molecule has 0 aliphatic carbocycles. The van der Waals surface area contributed by atoms with Crippen LogP contribution < -0.4 is 16.0 Å². The summed E-state index contributed by atoms with van der Waals surface area (Å²) in [6, 6.07) is 3.40. The summed E-state index contributed by atoms with van der Waals surface area (Å²) in [5.74, 6) is 5.96. The highest BCUT2D eigenvalue weighted by Crippen LogP contribution is 2.20. The molecule has 2 aromatic heterocycles. The van der Waals surface area contributed by atoms with Gasteiger partial charge >= 0.3 is 5.91 Å². The van der Waals surface area contributed by atoms with Crippen molar-refractivity contribution in [2.24, 2.45) is 5.84 Å². The van der Waals surface area contributed by atoms with Crippen molar-refractivity contribution >= 4 is 21.8 Å². The average molecular weight is 326 g/mol. The smallest absolute Gasteiger partial charge is 0.300 e. The van der Waals surface area contributed by atoms with Crippen LogP contribution in [0.4, 0.5) is 0 Å². The van der Waals surface area contributed by atoms with Gasteiger partial charge in [0.1, 0.15) is 18.1 Å². The van der Waals surface area contributed by atoms with Crippen LogP contribution in [0, 0.1) is 6.92 Å². The molecule has 0 atom stereocenters. The Morgan fingerprint density at radius 2 is 2.32 bits per heavy atom. The van der Waals surface area contributed by atoms with Crippen molar-refractivity contribution in [1.82, 2.24) is 10.4 Å². The lowest BCUT2D eigenvalue weighted by atomic mass is 10.2. The molecule has 2 rings (SSSR count). The SMILES string of the molecule is Cc1oc(C(=O)NN)cc1COc1cncc(Br)c1. The zero-order valence-corrected chi connectivity index (χ0v) is 11.7. The number of aryl methyl sites for hydroxylation is 1. The van der Waals surface area contributed by atoms with Crippen LogP contribution in [0.5, 0.6) is 5.75 Å². The van der Waals surface area contributed by atoms with Crippen molar-refractivity contribution in [3.8, 4) is 5.75 Å². The summed E-state index contributed by atoms with van der Waals surface area (Å²) in [6.45, 7) is 2.04. The maximum absolute atomic E-state index is 11.3. The number of hydrogen-bond donors (Lipinski definition) is 2. The number of furan rings is 1. The summed E-state index contributed by atoms with van der Waals surface area (Å²) in [5.41, 5.74) is 2.79. The number of hydrogen-bond acceptors (Lipinski definition) is 5. The number of halogens is 1. The summed E-state index contributed by atoms with van der Waals surface area (Å²) in [4.78, 5) is 15.3. The van der Waals surface area contributed by atoms with Crippen LogP contribution in [0.2, 0.25) is 0 Å². The second-order valence-electron chi connectivity index (χ2n) is 3.79. The number of carbonyl (C=O) groups excluding carboxylic acids is 1. The van der Waals surface area contributed by atoms with E-state index in [0.717, 1.165) is 10.0 Å². The first-order valence-electron chi connectivity index (χ1n) is 5.43. The minimum Gasteiger partial charge on any atom is -0.487 e. The molecule has 0 aliphatic heterocycles. The molecule has 2 aromatic rings. The summed E-state index contributed by atoms with van der Waals surface area (Å²) in [6.07, 6.45) is 3.27. The van der Waals surface area contributed by atoms with Gasteiger partial charge in [0.25, 0.3) is 0 Å². The van der Waals surface area contributed by atoms with Gasteiger partial charge in [0.05, 0.1) is 6.20 Å². The second-order valence-corrected chi connectivity index (χ2v) is 4.71. The van der Waals surface area contributed by atoms with E-state index < -0.39 is 5.91 Å². The number of amides is 1. The fourth-order valence-electron chi connectivity index (χ4n) is 1.48. The first-order valence-corrected chi connectivity index (χ1v) is 6.23. The normalized spacial score (nSPS) is 10.3. The van der Waals surface area contributed by atoms with Crippen LogP contribution in [-0.2, 0) is 6.61 Å². The number of nitrogens with one attached hydrogen (secondary N) is 1. The van der Waals surface area contributed by atoms with Crippen LogP contribution in [0.15, 0.2) is 33.4 Å². The monoisotopic (exact) mass is 325 g/mol. The van der Waals surface area contributed by atoms with E-state index in [1.54, 1.807) is 31.5 Å². The summed E-state index contributed by atoms with van der Waals surface area (Å²) in [5, 5.41) is 0. The minimum absolute atomic E-state index is 0.158. The van der Waals surface area contributed by atoms with Gasteiger partial charge in [-0.1, -0.05) is 0 Å². The number of rotatable bonds is 4. The predicted molar refractivity (Wildman–Crippen MR) is 71.4 cm³/mol. The number of pyridine rings is 1. The second kappa shape index (κ2) is 5.85. The molecule has 2 heterocycles. The molecule has 0 spiro atoms. The van der Waals surface area contributed by atoms with Crippen molar-refractivity contribution in [3.05, 3.63) is 46.1 Å². The predicted octanol–water partition coefficient (Wildman–Crippen LogP) is 1.93. The van der Waals surface area contributed by atoms with Crippen LogP contribution in [0.1, 0.15) is 21.9 Å². The molecular formula is C12H12BrN3O3. The third kappa shape index (κ3) is 3.33. The van der Waals surface area contributed by atoms with Gasteiger partial charge in [-0.3, -0.25) is 15.2 Å². The Kier molecular flexibility index (Phi) is 4.18. The number of nitrogens with zero attached hydrogens (tertiary/aromatic N) is 1.